The van der Waals surface area contributed by atoms with E-state index in [9.17, 15) is 4.79 Å². The molecule has 5 heteroatoms. The number of aromatic nitrogens is 3. The molecule has 5 nitrogen and oxygen atoms in total. The van der Waals surface area contributed by atoms with Crippen LogP contribution >= 0.6 is 0 Å². The van der Waals surface area contributed by atoms with Gasteiger partial charge in [0.2, 0.25) is 0 Å². The molecule has 0 fully saturated rings. The summed E-state index contributed by atoms with van der Waals surface area (Å²) in [7, 11) is 0. The van der Waals surface area contributed by atoms with Crippen LogP contribution in [0.3, 0.4) is 0 Å². The summed E-state index contributed by atoms with van der Waals surface area (Å²) in [5, 5.41) is 7.57. The zero-order valence-corrected chi connectivity index (χ0v) is 14.1. The summed E-state index contributed by atoms with van der Waals surface area (Å²) < 4.78 is 1.80. The quantitative estimate of drug-likeness (QED) is 0.695. The van der Waals surface area contributed by atoms with E-state index in [4.69, 9.17) is 0 Å². The number of carbonyl (C=O) groups excluding carboxylic acids is 1. The van der Waals surface area contributed by atoms with Crippen molar-refractivity contribution in [2.75, 3.05) is 13.1 Å². The largest absolute Gasteiger partial charge is 0.335 e. The molecule has 1 aromatic heterocycles. The molecule has 0 aliphatic rings. The first kappa shape index (κ1) is 16.6. The highest BCUT2D eigenvalue weighted by Crippen LogP contribution is 2.11. The van der Waals surface area contributed by atoms with Crippen LogP contribution in [0.4, 0.5) is 0 Å². The van der Waals surface area contributed by atoms with E-state index in [0.29, 0.717) is 18.7 Å². The second-order valence-corrected chi connectivity index (χ2v) is 5.57. The van der Waals surface area contributed by atoms with Crippen molar-refractivity contribution >= 4 is 12.0 Å². The SMILES string of the molecule is CCN(C/C=C/c1ccccc1)C(=O)c1ccc(-n2cnnc2)cc1. The summed E-state index contributed by atoms with van der Waals surface area (Å²) in [6.07, 6.45) is 7.31. The van der Waals surface area contributed by atoms with E-state index in [1.54, 1.807) is 17.2 Å². The van der Waals surface area contributed by atoms with Gasteiger partial charge in [0.05, 0.1) is 0 Å². The van der Waals surface area contributed by atoms with E-state index < -0.39 is 0 Å². The van der Waals surface area contributed by atoms with Crippen molar-refractivity contribution in [3.63, 3.8) is 0 Å². The Kier molecular flexibility index (Phi) is 5.36. The van der Waals surface area contributed by atoms with Crippen LogP contribution < -0.4 is 0 Å². The zero-order valence-electron chi connectivity index (χ0n) is 14.1. The molecule has 0 bridgehead atoms. The Morgan fingerprint density at radius 1 is 1.04 bits per heavy atom. The summed E-state index contributed by atoms with van der Waals surface area (Å²) in [5.41, 5.74) is 2.73. The standard InChI is InChI=1S/C20H20N4O/c1-2-23(14-6-9-17-7-4-3-5-8-17)20(25)18-10-12-19(13-11-18)24-15-21-22-16-24/h3-13,15-16H,2,14H2,1H3/b9-6+. The number of nitrogens with zero attached hydrogens (tertiary/aromatic N) is 4. The molecule has 126 valence electrons. The average molecular weight is 332 g/mol. The number of hydrogen-bond acceptors (Lipinski definition) is 3. The van der Waals surface area contributed by atoms with E-state index in [0.717, 1.165) is 11.3 Å². The highest BCUT2D eigenvalue weighted by molar-refractivity contribution is 5.94. The molecule has 0 N–H and O–H groups in total. The summed E-state index contributed by atoms with van der Waals surface area (Å²) in [4.78, 5) is 14.5. The van der Waals surface area contributed by atoms with E-state index in [1.165, 1.54) is 0 Å². The lowest BCUT2D eigenvalue weighted by Crippen LogP contribution is -2.30. The van der Waals surface area contributed by atoms with Gasteiger partial charge in [-0.2, -0.15) is 0 Å². The molecule has 0 atom stereocenters. The number of rotatable bonds is 6. The lowest BCUT2D eigenvalue weighted by Gasteiger charge is -2.19. The molecule has 0 aliphatic carbocycles. The van der Waals surface area contributed by atoms with Crippen LogP contribution in [-0.4, -0.2) is 38.7 Å². The third-order valence-electron chi connectivity index (χ3n) is 3.94. The maximum absolute atomic E-state index is 12.7. The van der Waals surface area contributed by atoms with E-state index in [-0.39, 0.29) is 5.91 Å². The van der Waals surface area contributed by atoms with Gasteiger partial charge in [-0.25, -0.2) is 0 Å². The number of likely N-dealkylation sites (N-methyl/N-ethyl adjacent to an activating group) is 1. The van der Waals surface area contributed by atoms with Crippen LogP contribution in [0.5, 0.6) is 0 Å². The first-order valence-electron chi connectivity index (χ1n) is 8.24. The molecule has 0 saturated carbocycles. The average Bonchev–Trinajstić information content (AvgIpc) is 3.20. The van der Waals surface area contributed by atoms with Crippen molar-refractivity contribution in [1.29, 1.82) is 0 Å². The maximum Gasteiger partial charge on any atom is 0.254 e. The van der Waals surface area contributed by atoms with Crippen molar-refractivity contribution in [3.05, 3.63) is 84.5 Å². The van der Waals surface area contributed by atoms with Gasteiger partial charge in [0.1, 0.15) is 12.7 Å². The van der Waals surface area contributed by atoms with Gasteiger partial charge in [-0.05, 0) is 36.8 Å². The van der Waals surface area contributed by atoms with Crippen molar-refractivity contribution < 1.29 is 4.79 Å². The first-order chi connectivity index (χ1) is 12.3. The summed E-state index contributed by atoms with van der Waals surface area (Å²) in [6, 6.07) is 17.5. The molecule has 0 aliphatic heterocycles. The molecule has 1 heterocycles. The van der Waals surface area contributed by atoms with E-state index in [1.807, 2.05) is 78.6 Å². The maximum atomic E-state index is 12.7. The molecular formula is C20H20N4O. The Hall–Kier alpha value is -3.21. The van der Waals surface area contributed by atoms with Crippen molar-refractivity contribution in [1.82, 2.24) is 19.7 Å². The molecule has 0 unspecified atom stereocenters. The molecule has 3 rings (SSSR count). The monoisotopic (exact) mass is 332 g/mol. The van der Waals surface area contributed by atoms with Crippen molar-refractivity contribution in [3.8, 4) is 5.69 Å². The second kappa shape index (κ2) is 8.06. The van der Waals surface area contributed by atoms with E-state index >= 15 is 0 Å². The predicted molar refractivity (Wildman–Crippen MR) is 98.4 cm³/mol. The normalized spacial score (nSPS) is 10.9. The molecular weight excluding hydrogens is 312 g/mol. The first-order valence-corrected chi connectivity index (χ1v) is 8.24. The summed E-state index contributed by atoms with van der Waals surface area (Å²) in [6.45, 7) is 3.22. The molecule has 25 heavy (non-hydrogen) atoms. The Morgan fingerprint density at radius 2 is 1.72 bits per heavy atom. The minimum atomic E-state index is 0.0236. The third kappa shape index (κ3) is 4.20. The number of amides is 1. The number of benzene rings is 2. The van der Waals surface area contributed by atoms with Crippen LogP contribution in [0, 0.1) is 0 Å². The molecule has 0 saturated heterocycles. The van der Waals surface area contributed by atoms with Gasteiger partial charge in [0.25, 0.3) is 5.91 Å². The molecule has 2 aromatic carbocycles. The topological polar surface area (TPSA) is 51.0 Å². The smallest absolute Gasteiger partial charge is 0.254 e. The number of carbonyl (C=O) groups is 1. The van der Waals surface area contributed by atoms with Crippen LogP contribution in [-0.2, 0) is 0 Å². The minimum absolute atomic E-state index is 0.0236. The number of hydrogen-bond donors (Lipinski definition) is 0. The Bertz CT molecular complexity index is 824. The lowest BCUT2D eigenvalue weighted by molar-refractivity contribution is 0.0782. The Labute approximate surface area is 147 Å². The Morgan fingerprint density at radius 3 is 2.36 bits per heavy atom. The van der Waals surface area contributed by atoms with E-state index in [2.05, 4.69) is 10.2 Å². The van der Waals surface area contributed by atoms with Gasteiger partial charge >= 0.3 is 0 Å². The molecule has 0 radical (unpaired) electrons. The second-order valence-electron chi connectivity index (χ2n) is 5.57. The molecule has 1 amide bonds. The predicted octanol–water partition coefficient (Wildman–Crippen LogP) is 3.44. The minimum Gasteiger partial charge on any atom is -0.335 e. The van der Waals surface area contributed by atoms with Gasteiger partial charge in [0, 0.05) is 24.3 Å². The van der Waals surface area contributed by atoms with Gasteiger partial charge in [-0.3, -0.25) is 9.36 Å². The fourth-order valence-corrected chi connectivity index (χ4v) is 2.53. The summed E-state index contributed by atoms with van der Waals surface area (Å²) >= 11 is 0. The van der Waals surface area contributed by atoms with Crippen LogP contribution in [0.2, 0.25) is 0 Å². The van der Waals surface area contributed by atoms with Crippen LogP contribution in [0.25, 0.3) is 11.8 Å². The fourth-order valence-electron chi connectivity index (χ4n) is 2.53. The summed E-state index contributed by atoms with van der Waals surface area (Å²) in [5.74, 6) is 0.0236. The third-order valence-corrected chi connectivity index (χ3v) is 3.94. The fraction of sp³-hybridized carbons (Fsp3) is 0.150. The molecule has 3 aromatic rings. The zero-order chi connectivity index (χ0) is 17.5. The van der Waals surface area contributed by atoms with Crippen LogP contribution in [0.15, 0.2) is 73.3 Å². The lowest BCUT2D eigenvalue weighted by atomic mass is 10.1. The van der Waals surface area contributed by atoms with Gasteiger partial charge in [-0.1, -0.05) is 42.5 Å². The van der Waals surface area contributed by atoms with Crippen molar-refractivity contribution in [2.45, 2.75) is 6.92 Å². The van der Waals surface area contributed by atoms with Gasteiger partial charge < -0.3 is 4.90 Å². The van der Waals surface area contributed by atoms with Gasteiger partial charge in [0.15, 0.2) is 0 Å². The van der Waals surface area contributed by atoms with Gasteiger partial charge in [-0.15, -0.1) is 10.2 Å². The highest BCUT2D eigenvalue weighted by Gasteiger charge is 2.12. The van der Waals surface area contributed by atoms with Crippen molar-refractivity contribution in [2.24, 2.45) is 0 Å². The molecule has 0 spiro atoms. The van der Waals surface area contributed by atoms with Crippen LogP contribution in [0.1, 0.15) is 22.8 Å². The Balaban J connectivity index is 1.66. The highest BCUT2D eigenvalue weighted by atomic mass is 16.2.